The molecule has 0 aliphatic carbocycles. The third kappa shape index (κ3) is 4.47. The monoisotopic (exact) mass is 639 g/mol. The maximum atomic E-state index is 9.50. The molecule has 1 heteroatoms. The van der Waals surface area contributed by atoms with E-state index in [1.807, 2.05) is 60.7 Å². The Morgan fingerprint density at radius 1 is 0.347 bits per heavy atom. The van der Waals surface area contributed by atoms with E-state index in [2.05, 4.69) is 0 Å². The third-order valence-electron chi connectivity index (χ3n) is 8.86. The lowest BCUT2D eigenvalue weighted by Gasteiger charge is -2.18. The highest BCUT2D eigenvalue weighted by atomic mass is 16.3. The number of benzene rings is 9. The summed E-state index contributed by atoms with van der Waals surface area (Å²) in [4.78, 5) is 0. The number of rotatable bonds is 4. The minimum Gasteiger partial charge on any atom is -0.456 e. The number of hydrogen-bond acceptors (Lipinski definition) is 1. The smallest absolute Gasteiger partial charge is 0.136 e. The second kappa shape index (κ2) is 11.1. The summed E-state index contributed by atoms with van der Waals surface area (Å²) in [6.45, 7) is 0. The molecule has 49 heavy (non-hydrogen) atoms. The first-order chi connectivity index (χ1) is 31.4. The standard InChI is InChI=1S/C48H30O/c1-2-12-33(13-3-1)47-41-16-6-8-18-43(41)48(44-19-9-7-17-42(44)47)34-23-21-31(22-24-34)35-25-27-39-40-28-26-36(30-46(40)49-45(39)29-35)38-20-10-14-32-11-4-5-15-37(32)38/h1-30H/i1D,2D,3D,6D,7D,8D,9D,12D,13D,16D,17D,18D,19D,21D,22D,23D,24D. The first-order valence-electron chi connectivity index (χ1n) is 24.0. The van der Waals surface area contributed by atoms with Crippen LogP contribution in [0.1, 0.15) is 23.3 Å². The Kier molecular flexibility index (Phi) is 3.54. The summed E-state index contributed by atoms with van der Waals surface area (Å²) in [7, 11) is 0. The van der Waals surface area contributed by atoms with Crippen LogP contribution < -0.4 is 0 Å². The molecule has 1 heterocycles. The van der Waals surface area contributed by atoms with Gasteiger partial charge in [-0.1, -0.05) is 157 Å². The minimum atomic E-state index is -0.826. The van der Waals surface area contributed by atoms with Gasteiger partial charge >= 0.3 is 0 Å². The van der Waals surface area contributed by atoms with Crippen LogP contribution in [0.25, 0.3) is 98.8 Å². The predicted molar refractivity (Wildman–Crippen MR) is 208 cm³/mol. The largest absolute Gasteiger partial charge is 0.456 e. The SMILES string of the molecule is [2H]c1c([2H])c([2H])c(-c2c3c([2H])c([2H])c([2H])c([2H])c3c(-c3c([2H])c([2H])c(-c4ccc5c(c4)oc4cc(-c6cccc7ccccc67)ccc45)c([2H])c3[2H])c3c([2H])c([2H])c([2H])c([2H])c23)c([2H])c1[2H]. The van der Waals surface area contributed by atoms with Crippen molar-refractivity contribution >= 4 is 54.3 Å². The molecule has 0 fully saturated rings. The Bertz CT molecular complexity index is 3710. The van der Waals surface area contributed by atoms with E-state index in [0.717, 1.165) is 32.7 Å². The number of furan rings is 1. The quantitative estimate of drug-likeness (QED) is 0.175. The molecule has 0 bridgehead atoms. The summed E-state index contributed by atoms with van der Waals surface area (Å²) >= 11 is 0. The van der Waals surface area contributed by atoms with Crippen LogP contribution in [0.5, 0.6) is 0 Å². The van der Waals surface area contributed by atoms with Gasteiger partial charge in [0.1, 0.15) is 11.2 Å². The summed E-state index contributed by atoms with van der Waals surface area (Å²) in [5, 5.41) is 1.60. The first-order valence-corrected chi connectivity index (χ1v) is 15.5. The fraction of sp³-hybridized carbons (Fsp3) is 0. The summed E-state index contributed by atoms with van der Waals surface area (Å²) in [5.74, 6) is 0. The van der Waals surface area contributed by atoms with Crippen LogP contribution in [0.15, 0.2) is 186 Å². The van der Waals surface area contributed by atoms with E-state index in [0.29, 0.717) is 11.2 Å². The Morgan fingerprint density at radius 3 is 1.51 bits per heavy atom. The van der Waals surface area contributed by atoms with Crippen molar-refractivity contribution in [3.8, 4) is 44.5 Å². The fourth-order valence-electron chi connectivity index (χ4n) is 6.66. The van der Waals surface area contributed by atoms with E-state index >= 15 is 0 Å². The van der Waals surface area contributed by atoms with Gasteiger partial charge < -0.3 is 4.42 Å². The Hall–Kier alpha value is -6.44. The van der Waals surface area contributed by atoms with Crippen molar-refractivity contribution in [3.05, 3.63) is 182 Å². The summed E-state index contributed by atoms with van der Waals surface area (Å²) < 4.78 is 159. The van der Waals surface area contributed by atoms with E-state index in [1.54, 1.807) is 18.2 Å². The number of hydrogen-bond donors (Lipinski definition) is 0. The molecule has 0 unspecified atom stereocenters. The molecular formula is C48H30O. The maximum Gasteiger partial charge on any atom is 0.136 e. The van der Waals surface area contributed by atoms with Crippen LogP contribution in [0, 0.1) is 0 Å². The fourth-order valence-corrected chi connectivity index (χ4v) is 6.66. The molecule has 0 N–H and O–H groups in total. The van der Waals surface area contributed by atoms with Crippen LogP contribution in [-0.4, -0.2) is 0 Å². The molecule has 0 aliphatic rings. The van der Waals surface area contributed by atoms with Crippen LogP contribution in [0.4, 0.5) is 0 Å². The van der Waals surface area contributed by atoms with Gasteiger partial charge in [0.05, 0.1) is 23.3 Å². The summed E-state index contributed by atoms with van der Waals surface area (Å²) in [6, 6.07) is 11.8. The van der Waals surface area contributed by atoms with Gasteiger partial charge in [0.2, 0.25) is 0 Å². The summed E-state index contributed by atoms with van der Waals surface area (Å²) in [5.41, 5.74) is 0.808. The predicted octanol–water partition coefficient (Wildman–Crippen LogP) is 13.7. The Labute approximate surface area is 308 Å². The maximum absolute atomic E-state index is 9.50. The molecule has 0 spiro atoms. The van der Waals surface area contributed by atoms with Crippen molar-refractivity contribution in [2.45, 2.75) is 0 Å². The molecular weight excluding hydrogens is 593 g/mol. The van der Waals surface area contributed by atoms with Crippen molar-refractivity contribution in [1.82, 2.24) is 0 Å². The zero-order chi connectivity index (χ0) is 47.1. The van der Waals surface area contributed by atoms with E-state index in [-0.39, 0.29) is 11.1 Å². The lowest BCUT2D eigenvalue weighted by molar-refractivity contribution is 0.669. The van der Waals surface area contributed by atoms with Crippen LogP contribution >= 0.6 is 0 Å². The van der Waals surface area contributed by atoms with Gasteiger partial charge in [-0.25, -0.2) is 0 Å². The van der Waals surface area contributed by atoms with Gasteiger partial charge in [0, 0.05) is 10.8 Å². The van der Waals surface area contributed by atoms with E-state index in [1.165, 1.54) is 0 Å². The molecule has 10 rings (SSSR count). The van der Waals surface area contributed by atoms with Crippen LogP contribution in [0.3, 0.4) is 0 Å². The Morgan fingerprint density at radius 2 is 0.857 bits per heavy atom. The van der Waals surface area contributed by atoms with Gasteiger partial charge in [0.15, 0.2) is 0 Å². The second-order valence-electron chi connectivity index (χ2n) is 11.6. The second-order valence-corrected chi connectivity index (χ2v) is 11.6. The molecule has 0 radical (unpaired) electrons. The van der Waals surface area contributed by atoms with Gasteiger partial charge in [-0.3, -0.25) is 0 Å². The molecule has 1 aromatic heterocycles. The van der Waals surface area contributed by atoms with E-state index < -0.39 is 147 Å². The van der Waals surface area contributed by atoms with Crippen molar-refractivity contribution < 1.29 is 27.7 Å². The molecule has 0 aliphatic heterocycles. The molecule has 10 aromatic rings. The summed E-state index contributed by atoms with van der Waals surface area (Å²) in [6.07, 6.45) is 0. The minimum absolute atomic E-state index is 0.152. The van der Waals surface area contributed by atoms with Crippen molar-refractivity contribution in [3.63, 3.8) is 0 Å². The topological polar surface area (TPSA) is 13.1 Å². The molecule has 0 amide bonds. The van der Waals surface area contributed by atoms with Gasteiger partial charge in [-0.2, -0.15) is 0 Å². The van der Waals surface area contributed by atoms with Crippen molar-refractivity contribution in [2.24, 2.45) is 0 Å². The highest BCUT2D eigenvalue weighted by molar-refractivity contribution is 6.21. The van der Waals surface area contributed by atoms with Crippen LogP contribution in [-0.2, 0) is 0 Å². The third-order valence-corrected chi connectivity index (χ3v) is 8.86. The zero-order valence-corrected chi connectivity index (χ0v) is 25.4. The van der Waals surface area contributed by atoms with E-state index in [9.17, 15) is 11.0 Å². The number of fused-ring (bicyclic) bond motifs is 6. The normalized spacial score (nSPS) is 16.5. The molecule has 1 nitrogen and oxygen atoms in total. The van der Waals surface area contributed by atoms with E-state index in [4.69, 9.17) is 16.8 Å². The molecule has 0 saturated carbocycles. The molecule has 9 aromatic carbocycles. The highest BCUT2D eigenvalue weighted by Crippen LogP contribution is 2.44. The highest BCUT2D eigenvalue weighted by Gasteiger charge is 2.17. The van der Waals surface area contributed by atoms with Crippen molar-refractivity contribution in [2.75, 3.05) is 0 Å². The van der Waals surface area contributed by atoms with Gasteiger partial charge in [-0.15, -0.1) is 0 Å². The first kappa shape index (κ1) is 15.6. The molecule has 0 saturated heterocycles. The Balaban J connectivity index is 1.27. The van der Waals surface area contributed by atoms with Gasteiger partial charge in [-0.05, 0) is 101 Å². The lowest BCUT2D eigenvalue weighted by Crippen LogP contribution is -1.90. The van der Waals surface area contributed by atoms with Gasteiger partial charge in [0.25, 0.3) is 0 Å². The average molecular weight is 640 g/mol. The van der Waals surface area contributed by atoms with Crippen LogP contribution in [0.2, 0.25) is 0 Å². The average Bonchev–Trinajstić information content (AvgIpc) is 3.68. The lowest BCUT2D eigenvalue weighted by atomic mass is 9.86. The zero-order valence-electron chi connectivity index (χ0n) is 42.4. The molecule has 228 valence electrons. The molecule has 0 atom stereocenters. The van der Waals surface area contributed by atoms with Crippen molar-refractivity contribution in [1.29, 1.82) is 0 Å².